The van der Waals surface area contributed by atoms with Crippen molar-refractivity contribution < 1.29 is 0 Å². The van der Waals surface area contributed by atoms with Gasteiger partial charge in [0, 0.05) is 24.2 Å². The van der Waals surface area contributed by atoms with E-state index < -0.39 is 0 Å². The fourth-order valence-electron chi connectivity index (χ4n) is 1.98. The molecule has 1 aliphatic rings. The van der Waals surface area contributed by atoms with Crippen LogP contribution in [0.15, 0.2) is 4.79 Å². The van der Waals surface area contributed by atoms with Crippen LogP contribution in [0.25, 0.3) is 0 Å². The van der Waals surface area contributed by atoms with Crippen molar-refractivity contribution in [3.63, 3.8) is 0 Å². The van der Waals surface area contributed by atoms with Gasteiger partial charge in [0.25, 0.3) is 5.56 Å². The number of nitrogens with zero attached hydrogens (tertiary/aromatic N) is 2. The molecule has 0 bridgehead atoms. The van der Waals surface area contributed by atoms with Crippen molar-refractivity contribution in [3.05, 3.63) is 27.4 Å². The van der Waals surface area contributed by atoms with Gasteiger partial charge in [-0.1, -0.05) is 6.92 Å². The first-order chi connectivity index (χ1) is 6.24. The van der Waals surface area contributed by atoms with Gasteiger partial charge < -0.3 is 0 Å². The van der Waals surface area contributed by atoms with Crippen LogP contribution in [-0.4, -0.2) is 9.55 Å². The van der Waals surface area contributed by atoms with Gasteiger partial charge in [0.05, 0.1) is 0 Å². The summed E-state index contributed by atoms with van der Waals surface area (Å²) in [6, 6.07) is 0. The average Bonchev–Trinajstić information content (AvgIpc) is 2.53. The summed E-state index contributed by atoms with van der Waals surface area (Å²) in [4.78, 5) is 16.3. The average molecular weight is 178 g/mol. The van der Waals surface area contributed by atoms with E-state index in [0.717, 1.165) is 42.9 Å². The van der Waals surface area contributed by atoms with Crippen molar-refractivity contribution >= 4 is 0 Å². The van der Waals surface area contributed by atoms with Crippen LogP contribution in [0.3, 0.4) is 0 Å². The lowest BCUT2D eigenvalue weighted by atomic mass is 10.2. The van der Waals surface area contributed by atoms with Crippen molar-refractivity contribution in [1.29, 1.82) is 0 Å². The standard InChI is InChI=1S/C10H14N2O/c1-3-8-7(2)11-9-5-4-6-12(9)10(8)13/h3-6H2,1-2H3. The van der Waals surface area contributed by atoms with Crippen molar-refractivity contribution in [1.82, 2.24) is 9.55 Å². The minimum Gasteiger partial charge on any atom is -0.296 e. The molecule has 0 aromatic carbocycles. The molecule has 2 heterocycles. The van der Waals surface area contributed by atoms with Crippen LogP contribution < -0.4 is 5.56 Å². The lowest BCUT2D eigenvalue weighted by Crippen LogP contribution is -2.25. The SMILES string of the molecule is CCc1c(C)nc2n(c1=O)CCC2. The summed E-state index contributed by atoms with van der Waals surface area (Å²) >= 11 is 0. The molecule has 3 heteroatoms. The zero-order chi connectivity index (χ0) is 9.42. The van der Waals surface area contributed by atoms with E-state index in [-0.39, 0.29) is 5.56 Å². The van der Waals surface area contributed by atoms with Crippen LogP contribution in [0.4, 0.5) is 0 Å². The van der Waals surface area contributed by atoms with E-state index in [1.807, 2.05) is 18.4 Å². The number of hydrogen-bond donors (Lipinski definition) is 0. The molecule has 0 fully saturated rings. The van der Waals surface area contributed by atoms with Gasteiger partial charge in [-0.05, 0) is 19.8 Å². The highest BCUT2D eigenvalue weighted by molar-refractivity contribution is 5.18. The van der Waals surface area contributed by atoms with E-state index >= 15 is 0 Å². The Bertz CT molecular complexity index is 386. The molecule has 1 aromatic heterocycles. The van der Waals surface area contributed by atoms with Gasteiger partial charge in [-0.3, -0.25) is 9.36 Å². The summed E-state index contributed by atoms with van der Waals surface area (Å²) in [6.07, 6.45) is 2.81. The summed E-state index contributed by atoms with van der Waals surface area (Å²) in [5.41, 5.74) is 1.98. The number of fused-ring (bicyclic) bond motifs is 1. The van der Waals surface area contributed by atoms with Crippen molar-refractivity contribution in [2.75, 3.05) is 0 Å². The number of rotatable bonds is 1. The van der Waals surface area contributed by atoms with Crippen molar-refractivity contribution in [3.8, 4) is 0 Å². The molecule has 0 amide bonds. The Labute approximate surface area is 77.4 Å². The monoisotopic (exact) mass is 178 g/mol. The Kier molecular flexibility index (Phi) is 1.94. The summed E-state index contributed by atoms with van der Waals surface area (Å²) in [7, 11) is 0. The van der Waals surface area contributed by atoms with E-state index in [1.54, 1.807) is 0 Å². The largest absolute Gasteiger partial charge is 0.296 e. The predicted molar refractivity (Wildman–Crippen MR) is 50.9 cm³/mol. The quantitative estimate of drug-likeness (QED) is 0.644. The molecule has 0 spiro atoms. The predicted octanol–water partition coefficient (Wildman–Crippen LogP) is 1.06. The van der Waals surface area contributed by atoms with E-state index in [0.29, 0.717) is 0 Å². The minimum absolute atomic E-state index is 0.183. The maximum atomic E-state index is 11.8. The van der Waals surface area contributed by atoms with Gasteiger partial charge in [-0.15, -0.1) is 0 Å². The van der Waals surface area contributed by atoms with E-state index in [2.05, 4.69) is 4.98 Å². The summed E-state index contributed by atoms with van der Waals surface area (Å²) < 4.78 is 1.83. The molecule has 70 valence electrons. The molecule has 0 N–H and O–H groups in total. The normalized spacial score (nSPS) is 14.6. The van der Waals surface area contributed by atoms with Crippen LogP contribution in [0.5, 0.6) is 0 Å². The molecule has 1 aliphatic heterocycles. The maximum Gasteiger partial charge on any atom is 0.256 e. The number of aromatic nitrogens is 2. The summed E-state index contributed by atoms with van der Waals surface area (Å²) in [6.45, 7) is 4.79. The van der Waals surface area contributed by atoms with Gasteiger partial charge in [0.2, 0.25) is 0 Å². The summed E-state index contributed by atoms with van der Waals surface area (Å²) in [5.74, 6) is 0.972. The van der Waals surface area contributed by atoms with Crippen LogP contribution in [0, 0.1) is 6.92 Å². The number of aryl methyl sites for hydroxylation is 2. The Morgan fingerprint density at radius 1 is 1.54 bits per heavy atom. The summed E-state index contributed by atoms with van der Waals surface area (Å²) in [5, 5.41) is 0. The first kappa shape index (κ1) is 8.48. The van der Waals surface area contributed by atoms with Gasteiger partial charge in [0.1, 0.15) is 5.82 Å². The Hall–Kier alpha value is -1.12. The lowest BCUT2D eigenvalue weighted by molar-refractivity contribution is 0.695. The third kappa shape index (κ3) is 1.19. The van der Waals surface area contributed by atoms with Crippen LogP contribution in [-0.2, 0) is 19.4 Å². The Morgan fingerprint density at radius 3 is 3.00 bits per heavy atom. The molecule has 0 aliphatic carbocycles. The van der Waals surface area contributed by atoms with Crippen molar-refractivity contribution in [2.45, 2.75) is 39.7 Å². The lowest BCUT2D eigenvalue weighted by Gasteiger charge is -2.07. The Morgan fingerprint density at radius 2 is 2.31 bits per heavy atom. The first-order valence-electron chi connectivity index (χ1n) is 4.83. The van der Waals surface area contributed by atoms with Gasteiger partial charge in [-0.2, -0.15) is 0 Å². The molecule has 0 saturated carbocycles. The van der Waals surface area contributed by atoms with Crippen LogP contribution in [0.1, 0.15) is 30.4 Å². The Balaban J connectivity index is 2.70. The van der Waals surface area contributed by atoms with Crippen LogP contribution in [0.2, 0.25) is 0 Å². The van der Waals surface area contributed by atoms with Gasteiger partial charge in [0.15, 0.2) is 0 Å². The molecule has 0 saturated heterocycles. The molecule has 2 rings (SSSR count). The van der Waals surface area contributed by atoms with E-state index in [9.17, 15) is 4.79 Å². The zero-order valence-electron chi connectivity index (χ0n) is 8.13. The van der Waals surface area contributed by atoms with E-state index in [4.69, 9.17) is 0 Å². The zero-order valence-corrected chi connectivity index (χ0v) is 8.13. The van der Waals surface area contributed by atoms with E-state index in [1.165, 1.54) is 0 Å². The molecule has 3 nitrogen and oxygen atoms in total. The van der Waals surface area contributed by atoms with Gasteiger partial charge in [-0.25, -0.2) is 4.98 Å². The second-order valence-corrected chi connectivity index (χ2v) is 3.51. The van der Waals surface area contributed by atoms with Crippen molar-refractivity contribution in [2.24, 2.45) is 0 Å². The fourth-order valence-corrected chi connectivity index (χ4v) is 1.98. The first-order valence-corrected chi connectivity index (χ1v) is 4.83. The second kappa shape index (κ2) is 2.98. The molecular formula is C10H14N2O. The molecule has 13 heavy (non-hydrogen) atoms. The highest BCUT2D eigenvalue weighted by Gasteiger charge is 2.16. The molecule has 1 aromatic rings. The molecular weight excluding hydrogens is 164 g/mol. The molecule has 0 atom stereocenters. The highest BCUT2D eigenvalue weighted by Crippen LogP contribution is 2.11. The third-order valence-corrected chi connectivity index (χ3v) is 2.68. The number of hydrogen-bond acceptors (Lipinski definition) is 2. The topological polar surface area (TPSA) is 34.9 Å². The van der Waals surface area contributed by atoms with Crippen LogP contribution >= 0.6 is 0 Å². The second-order valence-electron chi connectivity index (χ2n) is 3.51. The third-order valence-electron chi connectivity index (χ3n) is 2.68. The smallest absolute Gasteiger partial charge is 0.256 e. The van der Waals surface area contributed by atoms with Gasteiger partial charge >= 0.3 is 0 Å². The minimum atomic E-state index is 0.183. The maximum absolute atomic E-state index is 11.8. The molecule has 0 unspecified atom stereocenters. The highest BCUT2D eigenvalue weighted by atomic mass is 16.1. The fraction of sp³-hybridized carbons (Fsp3) is 0.600. The molecule has 0 radical (unpaired) electrons.